The summed E-state index contributed by atoms with van der Waals surface area (Å²) in [5, 5.41) is 6.42. The minimum absolute atomic E-state index is 0.202. The van der Waals surface area contributed by atoms with E-state index in [-0.39, 0.29) is 5.82 Å². The first-order chi connectivity index (χ1) is 7.84. The monoisotopic (exact) mass is 216 g/mol. The third-order valence-corrected chi connectivity index (χ3v) is 3.20. The fourth-order valence-electron chi connectivity index (χ4n) is 2.36. The molecule has 2 aliphatic rings. The minimum atomic E-state index is -0.202. The van der Waals surface area contributed by atoms with Crippen molar-refractivity contribution in [1.29, 1.82) is 0 Å². The first kappa shape index (κ1) is 9.58. The SMILES string of the molecule is Fc1ccc(N2N=C[C@@H]3C=CCC[C@H]32)cc1. The van der Waals surface area contributed by atoms with Crippen LogP contribution in [0.5, 0.6) is 0 Å². The number of hydrazone groups is 1. The van der Waals surface area contributed by atoms with Crippen molar-refractivity contribution < 1.29 is 4.39 Å². The molecule has 1 aromatic rings. The van der Waals surface area contributed by atoms with Crippen molar-refractivity contribution in [3.8, 4) is 0 Å². The third-order valence-electron chi connectivity index (χ3n) is 3.20. The molecular formula is C13H13FN2. The van der Waals surface area contributed by atoms with Crippen LogP contribution >= 0.6 is 0 Å². The van der Waals surface area contributed by atoms with Gasteiger partial charge in [0.1, 0.15) is 5.82 Å². The number of hydrogen-bond acceptors (Lipinski definition) is 2. The molecule has 1 aliphatic heterocycles. The maximum Gasteiger partial charge on any atom is 0.123 e. The Labute approximate surface area is 94.1 Å². The maximum absolute atomic E-state index is 12.8. The summed E-state index contributed by atoms with van der Waals surface area (Å²) in [6, 6.07) is 6.95. The van der Waals surface area contributed by atoms with Crippen LogP contribution in [0.15, 0.2) is 41.5 Å². The largest absolute Gasteiger partial charge is 0.262 e. The first-order valence-corrected chi connectivity index (χ1v) is 5.60. The van der Waals surface area contributed by atoms with Crippen LogP contribution in [0.25, 0.3) is 0 Å². The molecule has 1 heterocycles. The molecule has 0 N–H and O–H groups in total. The van der Waals surface area contributed by atoms with Crippen LogP contribution in [0, 0.1) is 11.7 Å². The number of nitrogens with zero attached hydrogens (tertiary/aromatic N) is 2. The molecule has 2 nitrogen and oxygen atoms in total. The summed E-state index contributed by atoms with van der Waals surface area (Å²) >= 11 is 0. The summed E-state index contributed by atoms with van der Waals surface area (Å²) in [6.45, 7) is 0. The summed E-state index contributed by atoms with van der Waals surface area (Å²) in [5.41, 5.74) is 0.973. The zero-order valence-corrected chi connectivity index (χ0v) is 8.88. The van der Waals surface area contributed by atoms with Gasteiger partial charge in [0.25, 0.3) is 0 Å². The molecule has 82 valence electrons. The van der Waals surface area contributed by atoms with E-state index in [1.165, 1.54) is 12.1 Å². The van der Waals surface area contributed by atoms with E-state index in [0.29, 0.717) is 12.0 Å². The molecular weight excluding hydrogens is 203 g/mol. The van der Waals surface area contributed by atoms with E-state index in [9.17, 15) is 4.39 Å². The van der Waals surface area contributed by atoms with Crippen molar-refractivity contribution in [1.82, 2.24) is 0 Å². The Kier molecular flexibility index (Phi) is 2.24. The highest BCUT2D eigenvalue weighted by atomic mass is 19.1. The molecule has 2 atom stereocenters. The van der Waals surface area contributed by atoms with E-state index in [0.717, 1.165) is 18.5 Å². The predicted molar refractivity (Wildman–Crippen MR) is 63.0 cm³/mol. The number of hydrogen-bond donors (Lipinski definition) is 0. The van der Waals surface area contributed by atoms with Gasteiger partial charge in [-0.2, -0.15) is 5.10 Å². The molecule has 0 amide bonds. The van der Waals surface area contributed by atoms with E-state index in [1.54, 1.807) is 12.1 Å². The van der Waals surface area contributed by atoms with Crippen LogP contribution in [0.3, 0.4) is 0 Å². The predicted octanol–water partition coefficient (Wildman–Crippen LogP) is 2.97. The molecule has 0 saturated heterocycles. The Morgan fingerprint density at radius 2 is 2.06 bits per heavy atom. The normalized spacial score (nSPS) is 27.2. The zero-order valence-electron chi connectivity index (χ0n) is 8.88. The van der Waals surface area contributed by atoms with Gasteiger partial charge < -0.3 is 0 Å². The lowest BCUT2D eigenvalue weighted by Gasteiger charge is -2.28. The van der Waals surface area contributed by atoms with Gasteiger partial charge in [0.05, 0.1) is 11.7 Å². The number of benzene rings is 1. The molecule has 0 saturated carbocycles. The van der Waals surface area contributed by atoms with Gasteiger partial charge in [-0.15, -0.1) is 0 Å². The average Bonchev–Trinajstić information content (AvgIpc) is 2.74. The molecule has 0 radical (unpaired) electrons. The highest BCUT2D eigenvalue weighted by Gasteiger charge is 2.31. The molecule has 0 bridgehead atoms. The van der Waals surface area contributed by atoms with Crippen molar-refractivity contribution in [2.45, 2.75) is 18.9 Å². The Bertz CT molecular complexity index is 436. The third kappa shape index (κ3) is 1.52. The van der Waals surface area contributed by atoms with Crippen LogP contribution in [0.4, 0.5) is 10.1 Å². The fraction of sp³-hybridized carbons (Fsp3) is 0.308. The van der Waals surface area contributed by atoms with Crippen LogP contribution in [-0.2, 0) is 0 Å². The summed E-state index contributed by atoms with van der Waals surface area (Å²) in [7, 11) is 0. The summed E-state index contributed by atoms with van der Waals surface area (Å²) in [4.78, 5) is 0. The standard InChI is InChI=1S/C13H13FN2/c14-11-5-7-12(8-6-11)16-13-4-2-1-3-10(13)9-15-16/h1,3,5-10,13H,2,4H2/t10-,13+/m0/s1. The fourth-order valence-corrected chi connectivity index (χ4v) is 2.36. The Morgan fingerprint density at radius 1 is 1.25 bits per heavy atom. The van der Waals surface area contributed by atoms with Gasteiger partial charge in [0.2, 0.25) is 0 Å². The lowest BCUT2D eigenvalue weighted by Crippen LogP contribution is -2.32. The van der Waals surface area contributed by atoms with Crippen molar-refractivity contribution in [3.63, 3.8) is 0 Å². The Hall–Kier alpha value is -1.64. The van der Waals surface area contributed by atoms with E-state index < -0.39 is 0 Å². The number of halogens is 1. The summed E-state index contributed by atoms with van der Waals surface area (Å²) in [6.07, 6.45) is 8.60. The minimum Gasteiger partial charge on any atom is -0.262 e. The van der Waals surface area contributed by atoms with Crippen LogP contribution in [-0.4, -0.2) is 12.3 Å². The highest BCUT2D eigenvalue weighted by Crippen LogP contribution is 2.31. The second kappa shape index (κ2) is 3.74. The molecule has 0 unspecified atom stereocenters. The molecule has 16 heavy (non-hydrogen) atoms. The molecule has 0 spiro atoms. The molecule has 3 rings (SSSR count). The second-order valence-corrected chi connectivity index (χ2v) is 4.24. The van der Waals surface area contributed by atoms with Gasteiger partial charge in [-0.25, -0.2) is 4.39 Å². The van der Waals surface area contributed by atoms with Gasteiger partial charge >= 0.3 is 0 Å². The first-order valence-electron chi connectivity index (χ1n) is 5.60. The van der Waals surface area contributed by atoms with Crippen molar-refractivity contribution in [2.24, 2.45) is 11.0 Å². The van der Waals surface area contributed by atoms with Crippen molar-refractivity contribution in [2.75, 3.05) is 5.01 Å². The lowest BCUT2D eigenvalue weighted by atomic mass is 9.91. The van der Waals surface area contributed by atoms with E-state index in [4.69, 9.17) is 0 Å². The van der Waals surface area contributed by atoms with Crippen molar-refractivity contribution >= 4 is 11.9 Å². The molecule has 0 aromatic heterocycles. The second-order valence-electron chi connectivity index (χ2n) is 4.24. The molecule has 1 aromatic carbocycles. The number of fused-ring (bicyclic) bond motifs is 1. The van der Waals surface area contributed by atoms with E-state index in [2.05, 4.69) is 17.3 Å². The van der Waals surface area contributed by atoms with Gasteiger partial charge in [-0.3, -0.25) is 5.01 Å². The van der Waals surface area contributed by atoms with Crippen LogP contribution < -0.4 is 5.01 Å². The average molecular weight is 216 g/mol. The van der Waals surface area contributed by atoms with E-state index in [1.807, 2.05) is 11.2 Å². The number of rotatable bonds is 1. The number of allylic oxidation sites excluding steroid dienone is 1. The zero-order chi connectivity index (χ0) is 11.0. The maximum atomic E-state index is 12.8. The van der Waals surface area contributed by atoms with Crippen LogP contribution in [0.1, 0.15) is 12.8 Å². The Balaban J connectivity index is 1.88. The summed E-state index contributed by atoms with van der Waals surface area (Å²) in [5.74, 6) is 0.214. The Morgan fingerprint density at radius 3 is 2.88 bits per heavy atom. The molecule has 0 fully saturated rings. The lowest BCUT2D eigenvalue weighted by molar-refractivity contribution is 0.535. The molecule has 3 heteroatoms. The highest BCUT2D eigenvalue weighted by molar-refractivity contribution is 5.72. The quantitative estimate of drug-likeness (QED) is 0.659. The molecule has 1 aliphatic carbocycles. The van der Waals surface area contributed by atoms with E-state index >= 15 is 0 Å². The van der Waals surface area contributed by atoms with Crippen molar-refractivity contribution in [3.05, 3.63) is 42.2 Å². The van der Waals surface area contributed by atoms with Gasteiger partial charge in [-0.1, -0.05) is 12.2 Å². The van der Waals surface area contributed by atoms with Gasteiger partial charge in [-0.05, 0) is 37.1 Å². The smallest absolute Gasteiger partial charge is 0.123 e. The number of anilines is 1. The van der Waals surface area contributed by atoms with Gasteiger partial charge in [0.15, 0.2) is 0 Å². The van der Waals surface area contributed by atoms with Crippen LogP contribution in [0.2, 0.25) is 0 Å². The topological polar surface area (TPSA) is 15.6 Å². The van der Waals surface area contributed by atoms with Gasteiger partial charge in [0, 0.05) is 12.1 Å². The summed E-state index contributed by atoms with van der Waals surface area (Å²) < 4.78 is 12.8.